The zero-order chi connectivity index (χ0) is 16.4. The second kappa shape index (κ2) is 6.16. The minimum atomic E-state index is -0.0938. The van der Waals surface area contributed by atoms with Crippen LogP contribution in [0.4, 0.5) is 10.5 Å². The van der Waals surface area contributed by atoms with Crippen molar-refractivity contribution in [2.75, 3.05) is 11.9 Å². The highest BCUT2D eigenvalue weighted by Gasteiger charge is 2.33. The number of aromatic nitrogens is 3. The van der Waals surface area contributed by atoms with Gasteiger partial charge < -0.3 is 10.2 Å². The van der Waals surface area contributed by atoms with E-state index in [0.717, 1.165) is 13.0 Å². The molecule has 0 spiro atoms. The molecule has 1 N–H and O–H groups in total. The molecular weight excluding hydrogens is 302 g/mol. The maximum Gasteiger partial charge on any atom is 0.322 e. The van der Waals surface area contributed by atoms with Crippen LogP contribution in [0.1, 0.15) is 18.0 Å². The fourth-order valence-corrected chi connectivity index (χ4v) is 2.85. The maximum absolute atomic E-state index is 12.5. The molecule has 2 aromatic heterocycles. The first-order valence-corrected chi connectivity index (χ1v) is 7.90. The lowest BCUT2D eigenvalue weighted by atomic mass is 9.95. The van der Waals surface area contributed by atoms with Crippen molar-refractivity contribution in [2.24, 2.45) is 0 Å². The highest BCUT2D eigenvalue weighted by molar-refractivity contribution is 5.90. The van der Waals surface area contributed by atoms with Gasteiger partial charge in [0.25, 0.3) is 0 Å². The van der Waals surface area contributed by atoms with E-state index >= 15 is 0 Å². The summed E-state index contributed by atoms with van der Waals surface area (Å²) in [6, 6.07) is 15.7. The Kier molecular flexibility index (Phi) is 3.70. The first-order chi connectivity index (χ1) is 11.8. The van der Waals surface area contributed by atoms with E-state index in [1.807, 2.05) is 47.5 Å². The van der Waals surface area contributed by atoms with Gasteiger partial charge in [0.05, 0.1) is 17.9 Å². The third-order valence-corrected chi connectivity index (χ3v) is 4.20. The van der Waals surface area contributed by atoms with Gasteiger partial charge in [-0.2, -0.15) is 5.10 Å². The van der Waals surface area contributed by atoms with Crippen molar-refractivity contribution in [2.45, 2.75) is 12.5 Å². The van der Waals surface area contributed by atoms with Crippen molar-refractivity contribution < 1.29 is 4.79 Å². The minimum absolute atomic E-state index is 0.0938. The molecule has 1 aliphatic heterocycles. The van der Waals surface area contributed by atoms with Crippen LogP contribution >= 0.6 is 0 Å². The molecule has 120 valence electrons. The third kappa shape index (κ3) is 2.74. The number of carbonyl (C=O) groups is 1. The monoisotopic (exact) mass is 319 g/mol. The van der Waals surface area contributed by atoms with E-state index in [-0.39, 0.29) is 12.1 Å². The van der Waals surface area contributed by atoms with Crippen LogP contribution in [-0.4, -0.2) is 32.2 Å². The highest BCUT2D eigenvalue weighted by atomic mass is 16.2. The molecule has 1 aromatic carbocycles. The zero-order valence-corrected chi connectivity index (χ0v) is 13.0. The Labute approximate surface area is 139 Å². The predicted octanol–water partition coefficient (Wildman–Crippen LogP) is 3.25. The highest BCUT2D eigenvalue weighted by Crippen LogP contribution is 2.33. The van der Waals surface area contributed by atoms with Crippen molar-refractivity contribution >= 4 is 11.7 Å². The number of rotatable bonds is 3. The fraction of sp³-hybridized carbons (Fsp3) is 0.167. The van der Waals surface area contributed by atoms with Gasteiger partial charge in [-0.25, -0.2) is 14.5 Å². The standard InChI is InChI=1S/C18H17N5O/c24-18(22-12-9-16(22)14-5-2-1-3-6-14)21-15-7-8-17(19-13-15)23-11-4-10-20-23/h1-8,10-11,13,16H,9,12H2,(H,21,24)/t16-/m0/s1. The van der Waals surface area contributed by atoms with E-state index in [2.05, 4.69) is 27.5 Å². The van der Waals surface area contributed by atoms with Gasteiger partial charge in [0.2, 0.25) is 0 Å². The van der Waals surface area contributed by atoms with Gasteiger partial charge in [0.1, 0.15) is 0 Å². The molecule has 3 heterocycles. The second-order valence-corrected chi connectivity index (χ2v) is 5.69. The van der Waals surface area contributed by atoms with Crippen LogP contribution in [0.5, 0.6) is 0 Å². The Morgan fingerprint density at radius 2 is 2.00 bits per heavy atom. The smallest absolute Gasteiger partial charge is 0.317 e. The van der Waals surface area contributed by atoms with Crippen LogP contribution in [-0.2, 0) is 0 Å². The summed E-state index contributed by atoms with van der Waals surface area (Å²) in [7, 11) is 0. The van der Waals surface area contributed by atoms with Crippen molar-refractivity contribution in [1.29, 1.82) is 0 Å². The third-order valence-electron chi connectivity index (χ3n) is 4.20. The number of amides is 2. The van der Waals surface area contributed by atoms with Crippen molar-refractivity contribution in [3.63, 3.8) is 0 Å². The Bertz CT molecular complexity index is 814. The maximum atomic E-state index is 12.5. The van der Waals surface area contributed by atoms with E-state index in [1.165, 1.54) is 5.56 Å². The number of nitrogens with zero attached hydrogens (tertiary/aromatic N) is 4. The summed E-state index contributed by atoms with van der Waals surface area (Å²) in [6.07, 6.45) is 6.16. The molecule has 0 saturated carbocycles. The van der Waals surface area contributed by atoms with Gasteiger partial charge in [-0.1, -0.05) is 30.3 Å². The number of hydrogen-bond acceptors (Lipinski definition) is 3. The molecule has 0 bridgehead atoms. The number of nitrogens with one attached hydrogen (secondary N) is 1. The lowest BCUT2D eigenvalue weighted by molar-refractivity contribution is 0.126. The molecule has 1 saturated heterocycles. The molecule has 6 nitrogen and oxygen atoms in total. The van der Waals surface area contributed by atoms with E-state index in [1.54, 1.807) is 17.1 Å². The average molecular weight is 319 g/mol. The van der Waals surface area contributed by atoms with Gasteiger partial charge in [0, 0.05) is 18.9 Å². The fourth-order valence-electron chi connectivity index (χ4n) is 2.85. The van der Waals surface area contributed by atoms with Gasteiger partial charge in [-0.15, -0.1) is 0 Å². The number of likely N-dealkylation sites (tertiary alicyclic amines) is 1. The van der Waals surface area contributed by atoms with Gasteiger partial charge in [-0.3, -0.25) is 0 Å². The Balaban J connectivity index is 1.43. The molecule has 1 fully saturated rings. The Hall–Kier alpha value is -3.15. The molecule has 24 heavy (non-hydrogen) atoms. The van der Waals surface area contributed by atoms with E-state index in [9.17, 15) is 4.79 Å². The van der Waals surface area contributed by atoms with Crippen molar-refractivity contribution in [3.8, 4) is 5.82 Å². The predicted molar refractivity (Wildman–Crippen MR) is 90.9 cm³/mol. The SMILES string of the molecule is O=C(Nc1ccc(-n2cccn2)nc1)N1CC[C@H]1c1ccccc1. The van der Waals surface area contributed by atoms with Crippen LogP contribution in [0.3, 0.4) is 0 Å². The molecule has 1 atom stereocenters. The first-order valence-electron chi connectivity index (χ1n) is 7.90. The molecule has 1 aliphatic rings. The topological polar surface area (TPSA) is 63.1 Å². The molecule has 0 unspecified atom stereocenters. The molecule has 0 aliphatic carbocycles. The van der Waals surface area contributed by atoms with Crippen LogP contribution < -0.4 is 5.32 Å². The summed E-state index contributed by atoms with van der Waals surface area (Å²) in [5, 5.41) is 7.04. The van der Waals surface area contributed by atoms with Crippen molar-refractivity contribution in [1.82, 2.24) is 19.7 Å². The summed E-state index contributed by atoms with van der Waals surface area (Å²) in [4.78, 5) is 18.6. The van der Waals surface area contributed by atoms with E-state index in [4.69, 9.17) is 0 Å². The number of urea groups is 1. The van der Waals surface area contributed by atoms with Gasteiger partial charge in [0.15, 0.2) is 5.82 Å². The van der Waals surface area contributed by atoms with Crippen LogP contribution in [0, 0.1) is 0 Å². The molecule has 3 aromatic rings. The molecule has 0 radical (unpaired) electrons. The number of anilines is 1. The number of hydrogen-bond donors (Lipinski definition) is 1. The minimum Gasteiger partial charge on any atom is -0.317 e. The Morgan fingerprint density at radius 3 is 2.62 bits per heavy atom. The summed E-state index contributed by atoms with van der Waals surface area (Å²) in [5.41, 5.74) is 1.85. The lowest BCUT2D eigenvalue weighted by Crippen LogP contribution is -2.47. The second-order valence-electron chi connectivity index (χ2n) is 5.69. The van der Waals surface area contributed by atoms with E-state index < -0.39 is 0 Å². The number of benzene rings is 1. The number of carbonyl (C=O) groups excluding carboxylic acids is 1. The molecule has 2 amide bonds. The molecule has 6 heteroatoms. The quantitative estimate of drug-likeness (QED) is 0.806. The van der Waals surface area contributed by atoms with Crippen LogP contribution in [0.15, 0.2) is 67.1 Å². The van der Waals surface area contributed by atoms with Gasteiger partial charge in [-0.05, 0) is 30.2 Å². The van der Waals surface area contributed by atoms with Crippen LogP contribution in [0.25, 0.3) is 5.82 Å². The van der Waals surface area contributed by atoms with Gasteiger partial charge >= 0.3 is 6.03 Å². The lowest BCUT2D eigenvalue weighted by Gasteiger charge is -2.41. The van der Waals surface area contributed by atoms with Crippen molar-refractivity contribution in [3.05, 3.63) is 72.7 Å². The zero-order valence-electron chi connectivity index (χ0n) is 13.0. The summed E-state index contributed by atoms with van der Waals surface area (Å²) in [5.74, 6) is 0.712. The van der Waals surface area contributed by atoms with E-state index in [0.29, 0.717) is 11.5 Å². The average Bonchev–Trinajstić information content (AvgIpc) is 3.10. The Morgan fingerprint density at radius 1 is 1.12 bits per heavy atom. The van der Waals surface area contributed by atoms with Crippen LogP contribution in [0.2, 0.25) is 0 Å². The largest absolute Gasteiger partial charge is 0.322 e. The molecular formula is C18H17N5O. The first kappa shape index (κ1) is 14.4. The normalized spacial score (nSPS) is 16.5. The molecule has 4 rings (SSSR count). The number of pyridine rings is 1. The summed E-state index contributed by atoms with van der Waals surface area (Å²) >= 11 is 0. The summed E-state index contributed by atoms with van der Waals surface area (Å²) < 4.78 is 1.67. The summed E-state index contributed by atoms with van der Waals surface area (Å²) in [6.45, 7) is 0.768.